The Morgan fingerprint density at radius 2 is 1.08 bits per heavy atom. The number of nitrogens with zero attached hydrogens (tertiary/aromatic N) is 5. The summed E-state index contributed by atoms with van der Waals surface area (Å²) in [5, 5.41) is 0. The van der Waals surface area contributed by atoms with Gasteiger partial charge in [0, 0.05) is 34.0 Å². The Balaban J connectivity index is 1.12. The van der Waals surface area contributed by atoms with E-state index in [0.29, 0.717) is 5.88 Å². The molecule has 7 aliphatic heterocycles. The largest absolute Gasteiger partial charge is 0.457 e. The van der Waals surface area contributed by atoms with Gasteiger partial charge in [-0.3, -0.25) is 0 Å². The van der Waals surface area contributed by atoms with Gasteiger partial charge in [-0.2, -0.15) is 0 Å². The van der Waals surface area contributed by atoms with E-state index in [1.54, 1.807) is 0 Å². The van der Waals surface area contributed by atoms with Crippen LogP contribution in [0.3, 0.4) is 0 Å². The van der Waals surface area contributed by atoms with Gasteiger partial charge in [-0.15, -0.1) is 0 Å². The molecule has 11 rings (SSSR count). The van der Waals surface area contributed by atoms with Gasteiger partial charge < -0.3 is 28.4 Å². The molecule has 4 aromatic rings. The van der Waals surface area contributed by atoms with Crippen molar-refractivity contribution < 1.29 is 9.47 Å². The van der Waals surface area contributed by atoms with Crippen LogP contribution in [0.25, 0.3) is 5.57 Å². The maximum absolute atomic E-state index is 6.93. The summed E-state index contributed by atoms with van der Waals surface area (Å²) in [5.74, 6) is 12.3. The maximum Gasteiger partial charge on any atom is 0.381 e. The molecule has 0 amide bonds. The molecule has 0 bridgehead atoms. The van der Waals surface area contributed by atoms with Gasteiger partial charge in [0.15, 0.2) is 0 Å². The molecule has 238 valence electrons. The molecular formula is C40H29B4N5O2. The first-order valence-corrected chi connectivity index (χ1v) is 17.5. The Morgan fingerprint density at radius 3 is 1.75 bits per heavy atom. The molecule has 7 nitrogen and oxygen atoms in total. The van der Waals surface area contributed by atoms with Gasteiger partial charge in [0.05, 0.1) is 5.41 Å². The Hall–Kier alpha value is -6.21. The second-order valence-corrected chi connectivity index (χ2v) is 13.5. The van der Waals surface area contributed by atoms with Gasteiger partial charge in [-0.05, 0) is 72.9 Å². The molecule has 0 N–H and O–H groups in total. The monoisotopic (exact) mass is 655 g/mol. The minimum atomic E-state index is -0.696. The molecule has 0 aliphatic carbocycles. The molecule has 1 spiro atoms. The summed E-state index contributed by atoms with van der Waals surface area (Å²) in [6.45, 7) is -0.0153. The lowest BCUT2D eigenvalue weighted by molar-refractivity contribution is 0.389. The molecule has 1 saturated heterocycles. The highest BCUT2D eigenvalue weighted by Crippen LogP contribution is 2.61. The second-order valence-electron chi connectivity index (χ2n) is 13.5. The molecule has 0 atom stereocenters. The van der Waals surface area contributed by atoms with Crippen LogP contribution in [0.4, 0.5) is 0 Å². The van der Waals surface area contributed by atoms with E-state index in [-0.39, 0.29) is 27.9 Å². The fraction of sp³-hybridized carbons (Fsp3) is 0.0250. The van der Waals surface area contributed by atoms with Gasteiger partial charge >= 0.3 is 27.9 Å². The third kappa shape index (κ3) is 3.97. The average molecular weight is 655 g/mol. The van der Waals surface area contributed by atoms with Crippen molar-refractivity contribution in [2.24, 2.45) is 0 Å². The van der Waals surface area contributed by atoms with Crippen LogP contribution in [0.1, 0.15) is 27.8 Å². The molecule has 51 heavy (non-hydrogen) atoms. The lowest BCUT2D eigenvalue weighted by Crippen LogP contribution is -2.73. The molecule has 1 aromatic heterocycles. The summed E-state index contributed by atoms with van der Waals surface area (Å²) >= 11 is 0. The third-order valence-electron chi connectivity index (χ3n) is 11.1. The highest BCUT2D eigenvalue weighted by molar-refractivity contribution is 6.92. The molecule has 0 unspecified atom stereocenters. The topological polar surface area (TPSA) is 44.3 Å². The van der Waals surface area contributed by atoms with Gasteiger partial charge in [-0.25, -0.2) is 4.98 Å². The van der Waals surface area contributed by atoms with Crippen molar-refractivity contribution in [3.05, 3.63) is 204 Å². The maximum atomic E-state index is 6.93. The summed E-state index contributed by atoms with van der Waals surface area (Å²) in [7, 11) is 0. The number of para-hydroxylation sites is 3. The Bertz CT molecular complexity index is 2290. The number of hydrogen-bond acceptors (Lipinski definition) is 7. The number of allylic oxidation sites excluding steroid dienone is 8. The summed E-state index contributed by atoms with van der Waals surface area (Å²) in [6, 6.07) is 27.4. The first-order valence-electron chi connectivity index (χ1n) is 17.5. The molecule has 1 fully saturated rings. The minimum absolute atomic E-state index is 0.00785. The summed E-state index contributed by atoms with van der Waals surface area (Å²) < 4.78 is 23.2. The van der Waals surface area contributed by atoms with E-state index in [1.165, 1.54) is 0 Å². The number of pyridine rings is 1. The molecule has 7 aliphatic rings. The quantitative estimate of drug-likeness (QED) is 0.174. The highest BCUT2D eigenvalue weighted by atomic mass is 16.5. The molecular weight excluding hydrogens is 626 g/mol. The smallest absolute Gasteiger partial charge is 0.381 e. The van der Waals surface area contributed by atoms with Crippen LogP contribution in [0, 0.1) is 0 Å². The fourth-order valence-electron chi connectivity index (χ4n) is 8.96. The van der Waals surface area contributed by atoms with Crippen molar-refractivity contribution in [2.75, 3.05) is 0 Å². The Labute approximate surface area is 298 Å². The summed E-state index contributed by atoms with van der Waals surface area (Å²) in [6.07, 6.45) is 25.8. The van der Waals surface area contributed by atoms with Gasteiger partial charge in [-0.1, -0.05) is 103 Å². The normalized spacial score (nSPS) is 19.1. The van der Waals surface area contributed by atoms with Crippen molar-refractivity contribution in [2.45, 2.75) is 5.41 Å². The second kappa shape index (κ2) is 10.9. The summed E-state index contributed by atoms with van der Waals surface area (Å²) in [5.41, 5.74) is 5.62. The Morgan fingerprint density at radius 1 is 0.510 bits per heavy atom. The first kappa shape index (κ1) is 28.6. The minimum Gasteiger partial charge on any atom is -0.457 e. The predicted molar refractivity (Wildman–Crippen MR) is 205 cm³/mol. The number of fused-ring (bicyclic) bond motifs is 16. The SMILES string of the molecule is C1=CB2N(C=C1)B1C=CC=CN1B1C=C(c3cccc4c3Oc3ncccc3C43c4ccccc4Oc4ccccc43)C=CN1B1C=CC=CN21. The zero-order valence-electron chi connectivity index (χ0n) is 27.6. The Kier molecular flexibility index (Phi) is 6.11. The molecule has 3 aromatic carbocycles. The van der Waals surface area contributed by atoms with Crippen LogP contribution in [-0.4, -0.2) is 51.8 Å². The predicted octanol–water partition coefficient (Wildman–Crippen LogP) is 7.17. The highest BCUT2D eigenvalue weighted by Gasteiger charge is 2.53. The number of aromatic nitrogens is 1. The lowest BCUT2D eigenvalue weighted by atomic mass is 9.41. The van der Waals surface area contributed by atoms with Crippen molar-refractivity contribution in [3.63, 3.8) is 0 Å². The van der Waals surface area contributed by atoms with E-state index in [9.17, 15) is 0 Å². The van der Waals surface area contributed by atoms with Crippen molar-refractivity contribution in [3.8, 4) is 23.1 Å². The zero-order chi connectivity index (χ0) is 33.5. The number of ether oxygens (including phenoxy) is 2. The van der Waals surface area contributed by atoms with Gasteiger partial charge in [0.2, 0.25) is 5.88 Å². The summed E-state index contributed by atoms with van der Waals surface area (Å²) in [4.78, 5) is 4.85. The van der Waals surface area contributed by atoms with Crippen LogP contribution in [-0.2, 0) is 5.41 Å². The molecule has 11 heteroatoms. The lowest BCUT2D eigenvalue weighted by Gasteiger charge is -2.53. The van der Waals surface area contributed by atoms with Crippen LogP contribution >= 0.6 is 0 Å². The molecule has 0 saturated carbocycles. The van der Waals surface area contributed by atoms with E-state index in [4.69, 9.17) is 14.5 Å². The fourth-order valence-corrected chi connectivity index (χ4v) is 8.96. The van der Waals surface area contributed by atoms with E-state index in [1.807, 2.05) is 24.4 Å². The molecule has 8 heterocycles. The molecule has 0 radical (unpaired) electrons. The van der Waals surface area contributed by atoms with Crippen LogP contribution in [0.15, 0.2) is 176 Å². The van der Waals surface area contributed by atoms with Crippen molar-refractivity contribution in [1.82, 2.24) is 23.9 Å². The van der Waals surface area contributed by atoms with E-state index < -0.39 is 5.41 Å². The van der Waals surface area contributed by atoms with Crippen molar-refractivity contribution >= 4 is 33.5 Å². The number of benzene rings is 3. The van der Waals surface area contributed by atoms with Crippen molar-refractivity contribution in [1.29, 1.82) is 0 Å². The first-order chi connectivity index (χ1) is 25.3. The van der Waals surface area contributed by atoms with Gasteiger partial charge in [0.1, 0.15) is 17.2 Å². The number of hydrogen-bond donors (Lipinski definition) is 0. The zero-order valence-corrected chi connectivity index (χ0v) is 27.6. The van der Waals surface area contributed by atoms with E-state index >= 15 is 0 Å². The van der Waals surface area contributed by atoms with Crippen LogP contribution < -0.4 is 9.47 Å². The standard InChI is InChI=1S/C40H29B4N5O2/c1-3-18-36-32(14-1)40(33-15-2-4-19-37(33)50-36)34-16-11-13-31(38(34)51-39-35(40)17-12-24-45-39)30-20-28-49-43-23-6-9-26-47(43)41-21-5-8-25-46(41)42-22-7-10-27-48(42)44(49)29-30/h1-29H. The average Bonchev–Trinajstić information content (AvgIpc) is 3.20. The van der Waals surface area contributed by atoms with E-state index in [0.717, 1.165) is 50.6 Å². The van der Waals surface area contributed by atoms with Crippen LogP contribution in [0.2, 0.25) is 0 Å². The number of rotatable bonds is 1. The van der Waals surface area contributed by atoms with Gasteiger partial charge in [0.25, 0.3) is 0 Å². The third-order valence-corrected chi connectivity index (χ3v) is 11.1. The van der Waals surface area contributed by atoms with Crippen LogP contribution in [0.5, 0.6) is 23.1 Å². The van der Waals surface area contributed by atoms with E-state index in [2.05, 4.69) is 171 Å².